The molecule has 1 nitrogen and oxygen atoms in total. The fourth-order valence-corrected chi connectivity index (χ4v) is 2.49. The number of nitrogens with zero attached hydrogens (tertiary/aromatic N) is 1. The normalized spacial score (nSPS) is 14.9. The average molecular weight is 203 g/mol. The SMILES string of the molecule is CCc1cc2c(c(C(C)C)c1)N(C)CC2. The van der Waals surface area contributed by atoms with Crippen LogP contribution in [0.3, 0.4) is 0 Å². The van der Waals surface area contributed by atoms with Crippen LogP contribution in [-0.2, 0) is 12.8 Å². The van der Waals surface area contributed by atoms with Crippen molar-refractivity contribution < 1.29 is 0 Å². The first-order valence-electron chi connectivity index (χ1n) is 6.00. The maximum atomic E-state index is 2.41. The summed E-state index contributed by atoms with van der Waals surface area (Å²) in [6.45, 7) is 8.01. The molecule has 0 N–H and O–H groups in total. The van der Waals surface area contributed by atoms with Crippen LogP contribution in [0, 0.1) is 0 Å². The third-order valence-electron chi connectivity index (χ3n) is 3.41. The molecular formula is C14H21N. The molecule has 0 fully saturated rings. The van der Waals surface area contributed by atoms with Crippen LogP contribution in [0.25, 0.3) is 0 Å². The molecule has 0 aromatic heterocycles. The van der Waals surface area contributed by atoms with E-state index >= 15 is 0 Å². The summed E-state index contributed by atoms with van der Waals surface area (Å²) >= 11 is 0. The monoisotopic (exact) mass is 203 g/mol. The Kier molecular flexibility index (Phi) is 2.72. The largest absolute Gasteiger partial charge is 0.374 e. The van der Waals surface area contributed by atoms with E-state index in [0.29, 0.717) is 5.92 Å². The molecule has 0 amide bonds. The van der Waals surface area contributed by atoms with Crippen molar-refractivity contribution in [1.29, 1.82) is 0 Å². The highest BCUT2D eigenvalue weighted by atomic mass is 15.1. The Balaban J connectivity index is 2.56. The number of anilines is 1. The molecule has 0 aliphatic carbocycles. The summed E-state index contributed by atoms with van der Waals surface area (Å²) < 4.78 is 0. The molecule has 0 spiro atoms. The van der Waals surface area contributed by atoms with Crippen molar-refractivity contribution in [1.82, 2.24) is 0 Å². The summed E-state index contributed by atoms with van der Waals surface area (Å²) in [5.41, 5.74) is 6.08. The standard InChI is InChI=1S/C14H21N/c1-5-11-8-12-6-7-15(4)14(12)13(9-11)10(2)3/h8-10H,5-7H2,1-4H3. The van der Waals surface area contributed by atoms with Gasteiger partial charge >= 0.3 is 0 Å². The van der Waals surface area contributed by atoms with Crippen LogP contribution in [0.15, 0.2) is 12.1 Å². The van der Waals surface area contributed by atoms with Gasteiger partial charge in [-0.25, -0.2) is 0 Å². The first kappa shape index (κ1) is 10.5. The second-order valence-electron chi connectivity index (χ2n) is 4.87. The lowest BCUT2D eigenvalue weighted by Gasteiger charge is -2.20. The van der Waals surface area contributed by atoms with Crippen LogP contribution < -0.4 is 4.90 Å². The van der Waals surface area contributed by atoms with Crippen LogP contribution in [0.5, 0.6) is 0 Å². The van der Waals surface area contributed by atoms with Gasteiger partial charge in [0.05, 0.1) is 0 Å². The van der Waals surface area contributed by atoms with E-state index in [1.165, 1.54) is 29.8 Å². The van der Waals surface area contributed by atoms with Gasteiger partial charge in [0.1, 0.15) is 0 Å². The number of likely N-dealkylation sites (N-methyl/N-ethyl adjacent to an activating group) is 1. The Labute approximate surface area is 93.1 Å². The van der Waals surface area contributed by atoms with E-state index in [4.69, 9.17) is 0 Å². The zero-order valence-corrected chi connectivity index (χ0v) is 10.3. The molecule has 0 bridgehead atoms. The molecule has 0 saturated carbocycles. The van der Waals surface area contributed by atoms with Crippen LogP contribution in [0.2, 0.25) is 0 Å². The smallest absolute Gasteiger partial charge is 0.0432 e. The molecule has 1 aliphatic rings. The van der Waals surface area contributed by atoms with Gasteiger partial charge in [-0.05, 0) is 35.4 Å². The molecule has 1 heterocycles. The van der Waals surface area contributed by atoms with Crippen LogP contribution in [-0.4, -0.2) is 13.6 Å². The number of hydrogen-bond acceptors (Lipinski definition) is 1. The third kappa shape index (κ3) is 1.75. The molecule has 1 aliphatic heterocycles. The minimum atomic E-state index is 0.630. The van der Waals surface area contributed by atoms with Gasteiger partial charge in [-0.2, -0.15) is 0 Å². The van der Waals surface area contributed by atoms with E-state index in [0.717, 1.165) is 6.42 Å². The van der Waals surface area contributed by atoms with Crippen molar-refractivity contribution in [3.8, 4) is 0 Å². The quantitative estimate of drug-likeness (QED) is 0.712. The Hall–Kier alpha value is -0.980. The highest BCUT2D eigenvalue weighted by Crippen LogP contribution is 2.36. The van der Waals surface area contributed by atoms with Crippen LogP contribution >= 0.6 is 0 Å². The predicted molar refractivity (Wildman–Crippen MR) is 66.9 cm³/mol. The van der Waals surface area contributed by atoms with E-state index in [-0.39, 0.29) is 0 Å². The number of hydrogen-bond donors (Lipinski definition) is 0. The van der Waals surface area contributed by atoms with Gasteiger partial charge in [-0.1, -0.05) is 32.9 Å². The molecule has 15 heavy (non-hydrogen) atoms. The van der Waals surface area contributed by atoms with Gasteiger partial charge in [0.15, 0.2) is 0 Å². The highest BCUT2D eigenvalue weighted by Gasteiger charge is 2.21. The van der Waals surface area contributed by atoms with Crippen molar-refractivity contribution in [2.45, 2.75) is 39.5 Å². The maximum Gasteiger partial charge on any atom is 0.0432 e. The van der Waals surface area contributed by atoms with Crippen molar-refractivity contribution in [3.05, 3.63) is 28.8 Å². The molecule has 1 heteroatoms. The lowest BCUT2D eigenvalue weighted by molar-refractivity contribution is 0.853. The summed E-state index contributed by atoms with van der Waals surface area (Å²) in [5.74, 6) is 0.630. The summed E-state index contributed by atoms with van der Waals surface area (Å²) in [4.78, 5) is 2.41. The van der Waals surface area contributed by atoms with E-state index in [1.807, 2.05) is 0 Å². The van der Waals surface area contributed by atoms with Crippen molar-refractivity contribution in [2.24, 2.45) is 0 Å². The third-order valence-corrected chi connectivity index (χ3v) is 3.41. The first-order chi connectivity index (χ1) is 7.13. The molecule has 82 valence electrons. The maximum absolute atomic E-state index is 2.41. The van der Waals surface area contributed by atoms with E-state index in [2.05, 4.69) is 44.9 Å². The number of fused-ring (bicyclic) bond motifs is 1. The fraction of sp³-hybridized carbons (Fsp3) is 0.571. The van der Waals surface area contributed by atoms with Crippen LogP contribution in [0.1, 0.15) is 43.4 Å². The molecule has 0 radical (unpaired) electrons. The minimum Gasteiger partial charge on any atom is -0.374 e. The van der Waals surface area contributed by atoms with Crippen LogP contribution in [0.4, 0.5) is 5.69 Å². The van der Waals surface area contributed by atoms with Crippen molar-refractivity contribution >= 4 is 5.69 Å². The Morgan fingerprint density at radius 2 is 2.07 bits per heavy atom. The van der Waals surface area contributed by atoms with E-state index in [1.54, 1.807) is 5.56 Å². The summed E-state index contributed by atoms with van der Waals surface area (Å²) in [6, 6.07) is 4.79. The second-order valence-corrected chi connectivity index (χ2v) is 4.87. The Morgan fingerprint density at radius 3 is 2.67 bits per heavy atom. The summed E-state index contributed by atoms with van der Waals surface area (Å²) in [7, 11) is 2.21. The van der Waals surface area contributed by atoms with Gasteiger partial charge in [-0.15, -0.1) is 0 Å². The van der Waals surface area contributed by atoms with E-state index in [9.17, 15) is 0 Å². The van der Waals surface area contributed by atoms with Crippen molar-refractivity contribution in [2.75, 3.05) is 18.5 Å². The predicted octanol–water partition coefficient (Wildman–Crippen LogP) is 3.36. The second kappa shape index (κ2) is 3.88. The molecule has 1 aromatic rings. The molecule has 1 aromatic carbocycles. The average Bonchev–Trinajstić information content (AvgIpc) is 2.59. The highest BCUT2D eigenvalue weighted by molar-refractivity contribution is 5.65. The Bertz CT molecular complexity index is 366. The zero-order chi connectivity index (χ0) is 11.0. The molecule has 0 saturated heterocycles. The van der Waals surface area contributed by atoms with Gasteiger partial charge in [0, 0.05) is 19.3 Å². The molecular weight excluding hydrogens is 182 g/mol. The topological polar surface area (TPSA) is 3.24 Å². The fourth-order valence-electron chi connectivity index (χ4n) is 2.49. The molecule has 0 atom stereocenters. The van der Waals surface area contributed by atoms with E-state index < -0.39 is 0 Å². The van der Waals surface area contributed by atoms with Crippen molar-refractivity contribution in [3.63, 3.8) is 0 Å². The number of rotatable bonds is 2. The summed E-state index contributed by atoms with van der Waals surface area (Å²) in [6.07, 6.45) is 2.37. The van der Waals surface area contributed by atoms with Gasteiger partial charge in [0.25, 0.3) is 0 Å². The minimum absolute atomic E-state index is 0.630. The molecule has 0 unspecified atom stereocenters. The number of benzene rings is 1. The van der Waals surface area contributed by atoms with Gasteiger partial charge in [0.2, 0.25) is 0 Å². The first-order valence-corrected chi connectivity index (χ1v) is 6.00. The number of aryl methyl sites for hydroxylation is 1. The van der Waals surface area contributed by atoms with Gasteiger partial charge < -0.3 is 4.90 Å². The lowest BCUT2D eigenvalue weighted by Crippen LogP contribution is -2.14. The zero-order valence-electron chi connectivity index (χ0n) is 10.3. The summed E-state index contributed by atoms with van der Waals surface area (Å²) in [5, 5.41) is 0. The Morgan fingerprint density at radius 1 is 1.33 bits per heavy atom. The molecule has 2 rings (SSSR count). The van der Waals surface area contributed by atoms with Gasteiger partial charge in [-0.3, -0.25) is 0 Å². The lowest BCUT2D eigenvalue weighted by atomic mass is 9.94.